The molecule has 0 spiro atoms. The Kier molecular flexibility index (Phi) is 6.50. The maximum Gasteiger partial charge on any atom is 0.287 e. The molecule has 0 unspecified atom stereocenters. The van der Waals surface area contributed by atoms with E-state index in [-0.39, 0.29) is 12.2 Å². The number of hydrogen-bond donors (Lipinski definition) is 3. The minimum absolute atomic E-state index is 0.0765. The molecular weight excluding hydrogens is 426 g/mol. The monoisotopic (exact) mass is 445 g/mol. The van der Waals surface area contributed by atoms with Crippen molar-refractivity contribution in [3.8, 4) is 5.69 Å². The summed E-state index contributed by atoms with van der Waals surface area (Å²) in [5.74, 6) is -1.58. The zero-order chi connectivity index (χ0) is 23.0. The highest BCUT2D eigenvalue weighted by atomic mass is 16.3. The fourth-order valence-corrected chi connectivity index (χ4v) is 3.02. The lowest BCUT2D eigenvalue weighted by atomic mass is 10.1. The molecule has 0 aliphatic heterocycles. The minimum Gasteiger partial charge on any atom is -0.459 e. The van der Waals surface area contributed by atoms with Gasteiger partial charge in [-0.3, -0.25) is 25.2 Å². The number of carbonyl (C=O) groups excluding carboxylic acids is 3. The van der Waals surface area contributed by atoms with E-state index in [0.717, 1.165) is 5.56 Å². The van der Waals surface area contributed by atoms with Crippen LogP contribution in [0.15, 0.2) is 83.7 Å². The zero-order valence-corrected chi connectivity index (χ0v) is 17.2. The minimum atomic E-state index is -0.951. The molecule has 2 heterocycles. The van der Waals surface area contributed by atoms with Gasteiger partial charge in [0.1, 0.15) is 12.4 Å². The van der Waals surface area contributed by atoms with Crippen LogP contribution >= 0.6 is 0 Å². The molecule has 4 rings (SSSR count). The third-order valence-corrected chi connectivity index (χ3v) is 4.69. The fraction of sp³-hybridized carbons (Fsp3) is 0.0909. The summed E-state index contributed by atoms with van der Waals surface area (Å²) in [6.45, 7) is 0. The summed E-state index contributed by atoms with van der Waals surface area (Å²) >= 11 is 0. The van der Waals surface area contributed by atoms with Gasteiger partial charge in [0.05, 0.1) is 12.0 Å². The van der Waals surface area contributed by atoms with E-state index in [9.17, 15) is 14.4 Å². The van der Waals surface area contributed by atoms with Crippen molar-refractivity contribution in [2.75, 3.05) is 0 Å². The van der Waals surface area contributed by atoms with Gasteiger partial charge in [-0.15, -0.1) is 5.10 Å². The maximum atomic E-state index is 12.8. The van der Waals surface area contributed by atoms with E-state index in [1.165, 1.54) is 23.3 Å². The number of amides is 3. The molecule has 0 aliphatic rings. The average Bonchev–Trinajstić information content (AvgIpc) is 3.57. The summed E-state index contributed by atoms with van der Waals surface area (Å²) in [7, 11) is 0. The quantitative estimate of drug-likeness (QED) is 0.361. The topological polar surface area (TPSA) is 144 Å². The number of nitrogens with one attached hydrogen (secondary N) is 3. The standard InChI is InChI=1S/C22H19N7O4/c30-20(16-8-10-17(11-9-16)29-14-23-27-28-29)25-26-21(31)18(13-15-5-2-1-3-6-15)24-22(32)19-7-4-12-33-19/h1-12,14,18H,13H2,(H,24,32)(H,25,30)(H,26,31)/t18-/m0/s1. The van der Waals surface area contributed by atoms with Gasteiger partial charge in [0, 0.05) is 12.0 Å². The summed E-state index contributed by atoms with van der Waals surface area (Å²) in [6, 6.07) is 17.8. The Balaban J connectivity index is 1.40. The van der Waals surface area contributed by atoms with Crippen LogP contribution in [0.1, 0.15) is 26.5 Å². The normalized spacial score (nSPS) is 11.4. The van der Waals surface area contributed by atoms with Crippen LogP contribution in [0.4, 0.5) is 0 Å². The van der Waals surface area contributed by atoms with Crippen molar-refractivity contribution in [1.82, 2.24) is 36.4 Å². The van der Waals surface area contributed by atoms with Gasteiger partial charge in [0.25, 0.3) is 17.7 Å². The van der Waals surface area contributed by atoms with Crippen LogP contribution in [0.5, 0.6) is 0 Å². The van der Waals surface area contributed by atoms with Crippen LogP contribution in [0.2, 0.25) is 0 Å². The summed E-state index contributed by atoms with van der Waals surface area (Å²) in [5, 5.41) is 13.5. The highest BCUT2D eigenvalue weighted by Crippen LogP contribution is 2.08. The number of nitrogens with zero attached hydrogens (tertiary/aromatic N) is 4. The van der Waals surface area contributed by atoms with E-state index in [4.69, 9.17) is 4.42 Å². The van der Waals surface area contributed by atoms with Gasteiger partial charge in [0.2, 0.25) is 0 Å². The fourth-order valence-electron chi connectivity index (χ4n) is 3.02. The summed E-state index contributed by atoms with van der Waals surface area (Å²) in [6.07, 6.45) is 3.01. The second kappa shape index (κ2) is 10.0. The Morgan fingerprint density at radius 3 is 2.36 bits per heavy atom. The number of hydrogen-bond acceptors (Lipinski definition) is 7. The van der Waals surface area contributed by atoms with Crippen molar-refractivity contribution < 1.29 is 18.8 Å². The first-order valence-electron chi connectivity index (χ1n) is 9.92. The molecule has 0 bridgehead atoms. The first-order valence-corrected chi connectivity index (χ1v) is 9.92. The van der Waals surface area contributed by atoms with Crippen molar-refractivity contribution in [3.05, 3.63) is 96.2 Å². The van der Waals surface area contributed by atoms with Crippen molar-refractivity contribution in [1.29, 1.82) is 0 Å². The van der Waals surface area contributed by atoms with Gasteiger partial charge < -0.3 is 9.73 Å². The van der Waals surface area contributed by atoms with Crippen LogP contribution in [-0.2, 0) is 11.2 Å². The van der Waals surface area contributed by atoms with E-state index in [1.807, 2.05) is 30.3 Å². The molecule has 2 aromatic carbocycles. The van der Waals surface area contributed by atoms with E-state index in [2.05, 4.69) is 31.7 Å². The molecule has 3 amide bonds. The van der Waals surface area contributed by atoms with Crippen molar-refractivity contribution in [2.45, 2.75) is 12.5 Å². The Hall–Kier alpha value is -4.80. The SMILES string of the molecule is O=C(NNC(=O)[C@H](Cc1ccccc1)NC(=O)c1ccco1)c1ccc(-n2cnnn2)cc1. The second-order valence-corrected chi connectivity index (χ2v) is 6.94. The Morgan fingerprint density at radius 1 is 0.909 bits per heavy atom. The van der Waals surface area contributed by atoms with E-state index in [0.29, 0.717) is 11.3 Å². The van der Waals surface area contributed by atoms with Gasteiger partial charge in [-0.25, -0.2) is 4.68 Å². The number of furan rings is 1. The smallest absolute Gasteiger partial charge is 0.287 e. The number of aromatic nitrogens is 4. The molecule has 11 nitrogen and oxygen atoms in total. The van der Waals surface area contributed by atoms with Gasteiger partial charge in [-0.2, -0.15) is 0 Å². The Bertz CT molecular complexity index is 1210. The number of carbonyl (C=O) groups is 3. The number of benzene rings is 2. The lowest BCUT2D eigenvalue weighted by Gasteiger charge is -2.18. The number of tetrazole rings is 1. The van der Waals surface area contributed by atoms with Gasteiger partial charge >= 0.3 is 0 Å². The van der Waals surface area contributed by atoms with Gasteiger partial charge in [0.15, 0.2) is 5.76 Å². The second-order valence-electron chi connectivity index (χ2n) is 6.94. The van der Waals surface area contributed by atoms with Crippen molar-refractivity contribution in [3.63, 3.8) is 0 Å². The maximum absolute atomic E-state index is 12.8. The molecule has 33 heavy (non-hydrogen) atoms. The summed E-state index contributed by atoms with van der Waals surface area (Å²) in [4.78, 5) is 37.7. The van der Waals surface area contributed by atoms with E-state index < -0.39 is 23.8 Å². The Labute approximate surface area is 187 Å². The molecule has 0 saturated carbocycles. The van der Waals surface area contributed by atoms with E-state index in [1.54, 1.807) is 30.3 Å². The first kappa shape index (κ1) is 21.4. The molecule has 11 heteroatoms. The molecule has 4 aromatic rings. The summed E-state index contributed by atoms with van der Waals surface area (Å²) < 4.78 is 6.53. The number of rotatable bonds is 7. The lowest BCUT2D eigenvalue weighted by molar-refractivity contribution is -0.123. The third kappa shape index (κ3) is 5.47. The van der Waals surface area contributed by atoms with E-state index >= 15 is 0 Å². The number of hydrazine groups is 1. The summed E-state index contributed by atoms with van der Waals surface area (Å²) in [5.41, 5.74) is 6.56. The van der Waals surface area contributed by atoms with Crippen molar-refractivity contribution in [2.24, 2.45) is 0 Å². The molecule has 0 saturated heterocycles. The van der Waals surface area contributed by atoms with Crippen LogP contribution < -0.4 is 16.2 Å². The van der Waals surface area contributed by atoms with Crippen LogP contribution in [-0.4, -0.2) is 44.0 Å². The molecule has 0 radical (unpaired) electrons. The first-order chi connectivity index (χ1) is 16.1. The highest BCUT2D eigenvalue weighted by Gasteiger charge is 2.23. The Morgan fingerprint density at radius 2 is 1.70 bits per heavy atom. The molecule has 2 aromatic heterocycles. The molecule has 1 atom stereocenters. The predicted octanol–water partition coefficient (Wildman–Crippen LogP) is 1.06. The van der Waals surface area contributed by atoms with Crippen LogP contribution in [0.3, 0.4) is 0 Å². The predicted molar refractivity (Wildman–Crippen MR) is 115 cm³/mol. The molecule has 3 N–H and O–H groups in total. The average molecular weight is 445 g/mol. The molecule has 166 valence electrons. The van der Waals surface area contributed by atoms with Gasteiger partial charge in [-0.1, -0.05) is 30.3 Å². The molecule has 0 aliphatic carbocycles. The zero-order valence-electron chi connectivity index (χ0n) is 17.2. The highest BCUT2D eigenvalue weighted by molar-refractivity contribution is 5.98. The largest absolute Gasteiger partial charge is 0.459 e. The van der Waals surface area contributed by atoms with Gasteiger partial charge in [-0.05, 0) is 52.4 Å². The third-order valence-electron chi connectivity index (χ3n) is 4.69. The lowest BCUT2D eigenvalue weighted by Crippen LogP contribution is -2.53. The van der Waals surface area contributed by atoms with Crippen LogP contribution in [0, 0.1) is 0 Å². The molecular formula is C22H19N7O4. The van der Waals surface area contributed by atoms with Crippen LogP contribution in [0.25, 0.3) is 5.69 Å². The van der Waals surface area contributed by atoms with Crippen molar-refractivity contribution >= 4 is 17.7 Å². The molecule has 0 fully saturated rings.